The number of ether oxygens (including phenoxy) is 2. The van der Waals surface area contributed by atoms with Crippen molar-refractivity contribution in [2.75, 3.05) is 33.8 Å². The summed E-state index contributed by atoms with van der Waals surface area (Å²) in [6.45, 7) is 1.76. The van der Waals surface area contributed by atoms with Crippen molar-refractivity contribution in [3.63, 3.8) is 0 Å². The van der Waals surface area contributed by atoms with Crippen LogP contribution in [0.3, 0.4) is 0 Å². The van der Waals surface area contributed by atoms with E-state index in [1.165, 1.54) is 24.1 Å². The Bertz CT molecular complexity index is 587. The van der Waals surface area contributed by atoms with Crippen molar-refractivity contribution in [2.24, 2.45) is 0 Å². The smallest absolute Gasteiger partial charge is 0.410 e. The highest BCUT2D eigenvalue weighted by Gasteiger charge is 2.48. The van der Waals surface area contributed by atoms with Gasteiger partial charge in [0.25, 0.3) is 0 Å². The molecule has 0 radical (unpaired) electrons. The SMILES string of the molecule is COc1cc(F)c(CN2CC[C@]3(C2)CN(C)C(=O)O3)c(F)c1. The lowest BCUT2D eigenvalue weighted by Gasteiger charge is -2.22. The standard InChI is InChI=1S/C15H18F2N2O3/c1-18-8-15(22-14(18)20)3-4-19(9-15)7-11-12(16)5-10(21-2)6-13(11)17/h5-6H,3-4,7-9H2,1-2H3/t15-/m1/s1. The quantitative estimate of drug-likeness (QED) is 0.856. The molecule has 2 saturated heterocycles. The summed E-state index contributed by atoms with van der Waals surface area (Å²) in [5, 5.41) is 0. The number of nitrogens with zero attached hydrogens (tertiary/aromatic N) is 2. The first-order valence-corrected chi connectivity index (χ1v) is 7.11. The Labute approximate surface area is 127 Å². The second kappa shape index (κ2) is 5.39. The molecule has 120 valence electrons. The van der Waals surface area contributed by atoms with Crippen molar-refractivity contribution in [2.45, 2.75) is 18.6 Å². The number of halogens is 2. The van der Waals surface area contributed by atoms with Gasteiger partial charge in [-0.2, -0.15) is 0 Å². The van der Waals surface area contributed by atoms with Crippen LogP contribution in [-0.2, 0) is 11.3 Å². The van der Waals surface area contributed by atoms with Crippen molar-refractivity contribution >= 4 is 6.09 Å². The first-order valence-electron chi connectivity index (χ1n) is 7.11. The Kier molecular flexibility index (Phi) is 3.68. The minimum Gasteiger partial charge on any atom is -0.497 e. The second-order valence-electron chi connectivity index (χ2n) is 5.94. The Balaban J connectivity index is 1.72. The van der Waals surface area contributed by atoms with E-state index in [0.29, 0.717) is 26.1 Å². The highest BCUT2D eigenvalue weighted by Crippen LogP contribution is 2.33. The molecule has 1 amide bonds. The average Bonchev–Trinajstić information content (AvgIpc) is 2.97. The predicted octanol–water partition coefficient (Wildman–Crippen LogP) is 2.00. The first kappa shape index (κ1) is 15.0. The van der Waals surface area contributed by atoms with Crippen molar-refractivity contribution in [1.82, 2.24) is 9.80 Å². The van der Waals surface area contributed by atoms with Crippen LogP contribution < -0.4 is 4.74 Å². The summed E-state index contributed by atoms with van der Waals surface area (Å²) in [5.41, 5.74) is -0.541. The molecule has 2 fully saturated rings. The average molecular weight is 312 g/mol. The molecule has 22 heavy (non-hydrogen) atoms. The Morgan fingerprint density at radius 3 is 2.55 bits per heavy atom. The fraction of sp³-hybridized carbons (Fsp3) is 0.533. The summed E-state index contributed by atoms with van der Waals surface area (Å²) >= 11 is 0. The first-order chi connectivity index (χ1) is 10.4. The summed E-state index contributed by atoms with van der Waals surface area (Å²) in [6, 6.07) is 2.35. The van der Waals surface area contributed by atoms with Gasteiger partial charge in [-0.25, -0.2) is 13.6 Å². The van der Waals surface area contributed by atoms with Gasteiger partial charge in [-0.05, 0) is 0 Å². The summed E-state index contributed by atoms with van der Waals surface area (Å²) in [4.78, 5) is 15.0. The molecule has 1 aromatic rings. The van der Waals surface area contributed by atoms with E-state index in [2.05, 4.69) is 0 Å². The molecule has 3 rings (SSSR count). The lowest BCUT2D eigenvalue weighted by molar-refractivity contribution is 0.0625. The summed E-state index contributed by atoms with van der Waals surface area (Å²) in [6.07, 6.45) is 0.325. The van der Waals surface area contributed by atoms with Gasteiger partial charge in [0.2, 0.25) is 0 Å². The number of benzene rings is 1. The van der Waals surface area contributed by atoms with Gasteiger partial charge in [0.1, 0.15) is 23.0 Å². The van der Waals surface area contributed by atoms with Gasteiger partial charge in [-0.15, -0.1) is 0 Å². The van der Waals surface area contributed by atoms with Crippen molar-refractivity contribution in [3.8, 4) is 5.75 Å². The molecule has 0 saturated carbocycles. The van der Waals surface area contributed by atoms with Gasteiger partial charge in [0, 0.05) is 50.8 Å². The number of hydrogen-bond donors (Lipinski definition) is 0. The van der Waals surface area contributed by atoms with Gasteiger partial charge in [0.05, 0.1) is 13.7 Å². The van der Waals surface area contributed by atoms with E-state index in [4.69, 9.17) is 9.47 Å². The van der Waals surface area contributed by atoms with Crippen LogP contribution in [0.2, 0.25) is 0 Å². The van der Waals surface area contributed by atoms with E-state index >= 15 is 0 Å². The minimum absolute atomic E-state index is 0.00975. The van der Waals surface area contributed by atoms with Crippen molar-refractivity contribution in [1.29, 1.82) is 0 Å². The third kappa shape index (κ3) is 2.61. The third-order valence-electron chi connectivity index (χ3n) is 4.27. The zero-order valence-electron chi connectivity index (χ0n) is 12.6. The van der Waals surface area contributed by atoms with Crippen LogP contribution in [0, 0.1) is 11.6 Å². The Hall–Kier alpha value is -1.89. The highest BCUT2D eigenvalue weighted by atomic mass is 19.1. The lowest BCUT2D eigenvalue weighted by atomic mass is 10.0. The van der Waals surface area contributed by atoms with E-state index in [9.17, 15) is 13.6 Å². The monoisotopic (exact) mass is 312 g/mol. The molecule has 0 aliphatic carbocycles. The molecule has 1 atom stereocenters. The van der Waals surface area contributed by atoms with Gasteiger partial charge in [0.15, 0.2) is 0 Å². The highest BCUT2D eigenvalue weighted by molar-refractivity contribution is 5.70. The second-order valence-corrected chi connectivity index (χ2v) is 5.94. The molecular formula is C15H18F2N2O3. The topological polar surface area (TPSA) is 42.0 Å². The van der Waals surface area contributed by atoms with E-state index in [1.807, 2.05) is 4.90 Å². The Morgan fingerprint density at radius 1 is 1.32 bits per heavy atom. The number of rotatable bonds is 3. The van der Waals surface area contributed by atoms with E-state index < -0.39 is 17.2 Å². The van der Waals surface area contributed by atoms with E-state index in [1.54, 1.807) is 7.05 Å². The number of carbonyl (C=O) groups excluding carboxylic acids is 1. The number of hydrogen-bond acceptors (Lipinski definition) is 4. The van der Waals surface area contributed by atoms with Gasteiger partial charge in [-0.1, -0.05) is 0 Å². The number of likely N-dealkylation sites (N-methyl/N-ethyl adjacent to an activating group) is 1. The largest absolute Gasteiger partial charge is 0.497 e. The van der Waals surface area contributed by atoms with Crippen LogP contribution in [-0.4, -0.2) is 55.3 Å². The maximum atomic E-state index is 14.0. The molecular weight excluding hydrogens is 294 g/mol. The molecule has 2 heterocycles. The fourth-order valence-electron chi connectivity index (χ4n) is 3.14. The maximum absolute atomic E-state index is 14.0. The number of methoxy groups -OCH3 is 1. The molecule has 5 nitrogen and oxygen atoms in total. The molecule has 0 bridgehead atoms. The molecule has 0 N–H and O–H groups in total. The molecule has 2 aliphatic heterocycles. The van der Waals surface area contributed by atoms with E-state index in [-0.39, 0.29) is 24.0 Å². The van der Waals surface area contributed by atoms with E-state index in [0.717, 1.165) is 0 Å². The van der Waals surface area contributed by atoms with Crippen molar-refractivity contribution in [3.05, 3.63) is 29.3 Å². The van der Waals surface area contributed by atoms with Crippen LogP contribution in [0.5, 0.6) is 5.75 Å². The predicted molar refractivity (Wildman–Crippen MR) is 74.6 cm³/mol. The van der Waals surface area contributed by atoms with Crippen molar-refractivity contribution < 1.29 is 23.0 Å². The summed E-state index contributed by atoms with van der Waals surface area (Å²) in [5.74, 6) is -1.10. The molecule has 7 heteroatoms. The van der Waals surface area contributed by atoms with Crippen LogP contribution in [0.15, 0.2) is 12.1 Å². The molecule has 0 aromatic heterocycles. The number of likely N-dealkylation sites (tertiary alicyclic amines) is 1. The van der Waals surface area contributed by atoms with Crippen LogP contribution in [0.4, 0.5) is 13.6 Å². The lowest BCUT2D eigenvalue weighted by Crippen LogP contribution is -2.37. The molecule has 1 spiro atoms. The molecule has 2 aliphatic rings. The fourth-order valence-corrected chi connectivity index (χ4v) is 3.14. The number of carbonyl (C=O) groups is 1. The third-order valence-corrected chi connectivity index (χ3v) is 4.27. The van der Waals surface area contributed by atoms with Gasteiger partial charge < -0.3 is 14.4 Å². The minimum atomic E-state index is -0.627. The van der Waals surface area contributed by atoms with Gasteiger partial charge in [-0.3, -0.25) is 4.90 Å². The van der Waals surface area contributed by atoms with Crippen LogP contribution in [0.25, 0.3) is 0 Å². The normalized spacial score (nSPS) is 25.1. The van der Waals surface area contributed by atoms with Crippen LogP contribution in [0.1, 0.15) is 12.0 Å². The zero-order chi connectivity index (χ0) is 15.9. The Morgan fingerprint density at radius 2 is 2.00 bits per heavy atom. The number of amides is 1. The zero-order valence-corrected chi connectivity index (χ0v) is 12.6. The summed E-state index contributed by atoms with van der Waals surface area (Å²) in [7, 11) is 3.05. The van der Waals surface area contributed by atoms with Gasteiger partial charge >= 0.3 is 6.09 Å². The van der Waals surface area contributed by atoms with Crippen LogP contribution >= 0.6 is 0 Å². The molecule has 0 unspecified atom stereocenters. The summed E-state index contributed by atoms with van der Waals surface area (Å²) < 4.78 is 38.3. The molecule has 1 aromatic carbocycles. The maximum Gasteiger partial charge on any atom is 0.410 e.